The van der Waals surface area contributed by atoms with Crippen molar-refractivity contribution in [2.24, 2.45) is 4.99 Å². The first-order valence-corrected chi connectivity index (χ1v) is 9.44. The molecule has 0 aliphatic heterocycles. The van der Waals surface area contributed by atoms with Gasteiger partial charge in [0.05, 0.1) is 28.7 Å². The Balaban J connectivity index is 0.00000218. The van der Waals surface area contributed by atoms with Crippen LogP contribution in [-0.2, 0) is 27.5 Å². The summed E-state index contributed by atoms with van der Waals surface area (Å²) in [4.78, 5) is 9.23. The van der Waals surface area contributed by atoms with Crippen molar-refractivity contribution in [1.29, 1.82) is 0 Å². The van der Waals surface area contributed by atoms with Crippen LogP contribution in [0.2, 0.25) is 0 Å². The number of para-hydroxylation sites is 1. The average molecular weight is 574 g/mol. The molecule has 30 heavy (non-hydrogen) atoms. The first-order chi connectivity index (χ1) is 14.2. The minimum absolute atomic E-state index is 0. The number of benzene rings is 3. The Bertz CT molecular complexity index is 1310. The molecule has 0 bridgehead atoms. The zero-order chi connectivity index (χ0) is 19.8. The van der Waals surface area contributed by atoms with Crippen molar-refractivity contribution >= 4 is 28.8 Å². The van der Waals surface area contributed by atoms with E-state index >= 15 is 0 Å². The van der Waals surface area contributed by atoms with Crippen molar-refractivity contribution in [2.75, 3.05) is 0 Å². The minimum Gasteiger partial charge on any atom is -0.507 e. The Hall–Kier alpha value is -3.23. The molecule has 0 radical (unpaired) electrons. The van der Waals surface area contributed by atoms with E-state index in [1.54, 1.807) is 24.4 Å². The van der Waals surface area contributed by atoms with Gasteiger partial charge in [-0.15, -0.1) is 0 Å². The first-order valence-electron chi connectivity index (χ1n) is 9.44. The van der Waals surface area contributed by atoms with E-state index in [2.05, 4.69) is 22.1 Å². The Morgan fingerprint density at radius 3 is 2.57 bits per heavy atom. The molecule has 0 fully saturated rings. The summed E-state index contributed by atoms with van der Waals surface area (Å²) in [7, 11) is 0. The first kappa shape index (κ1) is 20.1. The van der Waals surface area contributed by atoms with E-state index < -0.39 is 0 Å². The van der Waals surface area contributed by atoms with Crippen molar-refractivity contribution in [3.05, 3.63) is 89.6 Å². The van der Waals surface area contributed by atoms with Crippen LogP contribution in [0.4, 0.5) is 5.69 Å². The van der Waals surface area contributed by atoms with E-state index in [1.165, 1.54) is 5.56 Å². The van der Waals surface area contributed by atoms with Crippen molar-refractivity contribution in [3.8, 4) is 22.8 Å². The Kier molecular flexibility index (Phi) is 5.52. The van der Waals surface area contributed by atoms with Crippen molar-refractivity contribution in [3.63, 3.8) is 0 Å². The number of hydrogen-bond acceptors (Lipinski definition) is 4. The Morgan fingerprint density at radius 1 is 0.833 bits per heavy atom. The van der Waals surface area contributed by atoms with Crippen molar-refractivity contribution < 1.29 is 31.3 Å². The number of pyridine rings is 1. The van der Waals surface area contributed by atoms with Crippen LogP contribution in [0.5, 0.6) is 11.5 Å². The molecular formula is C25H18N2O2Pt. The molecule has 0 amide bonds. The molecule has 1 aliphatic rings. The maximum absolute atomic E-state index is 10.5. The standard InChI is InChI=1S/C25H18N2O2.Pt/c28-22-10-2-1-8-19(22)20-9-4-7-18(27-20)15-26-21-13-11-16-5-3-6-17-12-14-23(29)25(21)24(16)17;/h1-5,7-15,28-29H,6H2;. The molecule has 150 valence electrons. The summed E-state index contributed by atoms with van der Waals surface area (Å²) in [5.74, 6) is 0.416. The van der Waals surface area contributed by atoms with Crippen molar-refractivity contribution in [1.82, 2.24) is 4.98 Å². The van der Waals surface area contributed by atoms with Gasteiger partial charge >= 0.3 is 0 Å². The number of phenolic OH excluding ortho intramolecular Hbond substituents is 2. The smallest absolute Gasteiger partial charge is 0.125 e. The predicted molar refractivity (Wildman–Crippen MR) is 117 cm³/mol. The van der Waals surface area contributed by atoms with Gasteiger partial charge in [-0.1, -0.05) is 42.5 Å². The number of phenols is 2. The summed E-state index contributed by atoms with van der Waals surface area (Å²) in [6.07, 6.45) is 6.75. The Labute approximate surface area is 188 Å². The normalized spacial score (nSPS) is 12.3. The van der Waals surface area contributed by atoms with E-state index in [4.69, 9.17) is 0 Å². The molecule has 2 N–H and O–H groups in total. The van der Waals surface area contributed by atoms with Crippen LogP contribution in [0.3, 0.4) is 0 Å². The SMILES string of the molecule is Oc1ccccc1-c1cccc(C=Nc2ccc3c4c(ccc(O)c24)CC=C3)n1.[Pt]. The summed E-state index contributed by atoms with van der Waals surface area (Å²) < 4.78 is 0. The molecule has 0 saturated heterocycles. The zero-order valence-corrected chi connectivity index (χ0v) is 18.2. The predicted octanol–water partition coefficient (Wildman–Crippen LogP) is 5.63. The second-order valence-corrected chi connectivity index (χ2v) is 7.00. The second-order valence-electron chi connectivity index (χ2n) is 7.00. The molecule has 5 rings (SSSR count). The third kappa shape index (κ3) is 3.55. The number of aliphatic imine (C=N–C) groups is 1. The van der Waals surface area contributed by atoms with Crippen LogP contribution in [-0.4, -0.2) is 21.4 Å². The van der Waals surface area contributed by atoms with Crippen LogP contribution in [0, 0.1) is 0 Å². The fraction of sp³-hybridized carbons (Fsp3) is 0.0400. The summed E-state index contributed by atoms with van der Waals surface area (Å²) in [5.41, 5.74) is 5.01. The van der Waals surface area contributed by atoms with E-state index in [9.17, 15) is 10.2 Å². The molecule has 4 aromatic rings. The Morgan fingerprint density at radius 2 is 1.70 bits per heavy atom. The fourth-order valence-corrected chi connectivity index (χ4v) is 3.79. The molecule has 0 unspecified atom stereocenters. The van der Waals surface area contributed by atoms with E-state index in [-0.39, 0.29) is 32.6 Å². The molecule has 1 aromatic heterocycles. The van der Waals surface area contributed by atoms with E-state index in [1.807, 2.05) is 48.5 Å². The maximum atomic E-state index is 10.5. The van der Waals surface area contributed by atoms with Gasteiger partial charge in [0, 0.05) is 26.6 Å². The monoisotopic (exact) mass is 573 g/mol. The van der Waals surface area contributed by atoms with Gasteiger partial charge in [0.25, 0.3) is 0 Å². The maximum Gasteiger partial charge on any atom is 0.125 e. The van der Waals surface area contributed by atoms with Gasteiger partial charge in [-0.2, -0.15) is 0 Å². The van der Waals surface area contributed by atoms with Crippen molar-refractivity contribution in [2.45, 2.75) is 6.42 Å². The second kappa shape index (κ2) is 8.25. The van der Waals surface area contributed by atoms with Gasteiger partial charge in [-0.05, 0) is 59.3 Å². The fourth-order valence-electron chi connectivity index (χ4n) is 3.79. The van der Waals surface area contributed by atoms with Crippen LogP contribution in [0.15, 0.2) is 77.8 Å². The molecule has 4 nitrogen and oxygen atoms in total. The molecule has 3 aromatic carbocycles. The number of aromatic hydroxyl groups is 2. The van der Waals surface area contributed by atoms with Gasteiger partial charge < -0.3 is 10.2 Å². The summed E-state index contributed by atoms with van der Waals surface area (Å²) >= 11 is 0. The number of allylic oxidation sites excluding steroid dienone is 1. The zero-order valence-electron chi connectivity index (χ0n) is 15.9. The molecule has 5 heteroatoms. The van der Waals surface area contributed by atoms with Gasteiger partial charge in [0.1, 0.15) is 11.5 Å². The number of hydrogen-bond donors (Lipinski definition) is 2. The van der Waals surface area contributed by atoms with Gasteiger partial charge in [-0.3, -0.25) is 4.99 Å². The molecule has 0 saturated carbocycles. The van der Waals surface area contributed by atoms with Crippen LogP contribution in [0.25, 0.3) is 28.1 Å². The number of aromatic nitrogens is 1. The van der Waals surface area contributed by atoms with E-state index in [0.717, 1.165) is 22.8 Å². The molecule has 1 aliphatic carbocycles. The summed E-state index contributed by atoms with van der Waals surface area (Å²) in [6.45, 7) is 0. The summed E-state index contributed by atoms with van der Waals surface area (Å²) in [5, 5.41) is 22.4. The van der Waals surface area contributed by atoms with Gasteiger partial charge in [0.15, 0.2) is 0 Å². The number of nitrogens with zero attached hydrogens (tertiary/aromatic N) is 2. The minimum atomic E-state index is 0. The number of rotatable bonds is 3. The van der Waals surface area contributed by atoms with Gasteiger partial charge in [-0.25, -0.2) is 4.98 Å². The molecule has 1 heterocycles. The molecule has 0 atom stereocenters. The van der Waals surface area contributed by atoms with Gasteiger partial charge in [0.2, 0.25) is 0 Å². The van der Waals surface area contributed by atoms with Crippen LogP contribution < -0.4 is 0 Å². The molecule has 0 spiro atoms. The van der Waals surface area contributed by atoms with Crippen LogP contribution in [0.1, 0.15) is 16.8 Å². The molecular weight excluding hydrogens is 555 g/mol. The third-order valence-corrected chi connectivity index (χ3v) is 5.16. The topological polar surface area (TPSA) is 65.7 Å². The average Bonchev–Trinajstić information content (AvgIpc) is 2.76. The quantitative estimate of drug-likeness (QED) is 0.313. The third-order valence-electron chi connectivity index (χ3n) is 5.16. The summed E-state index contributed by atoms with van der Waals surface area (Å²) in [6, 6.07) is 20.4. The van der Waals surface area contributed by atoms with E-state index in [0.29, 0.717) is 22.6 Å². The largest absolute Gasteiger partial charge is 0.507 e. The van der Waals surface area contributed by atoms with Crippen LogP contribution >= 0.6 is 0 Å².